The fourth-order valence-electron chi connectivity index (χ4n) is 1.75. The Hall–Kier alpha value is -1.05. The average Bonchev–Trinajstić information content (AvgIpc) is 2.27. The molecule has 0 N–H and O–H groups in total. The average molecular weight is 266 g/mol. The van der Waals surface area contributed by atoms with Crippen molar-refractivity contribution in [1.82, 2.24) is 0 Å². The minimum Gasteiger partial charge on any atom is -0.466 e. The predicted octanol–water partition coefficient (Wildman–Crippen LogP) is 4.90. The molecular weight excluding hydrogens is 236 g/mol. The lowest BCUT2D eigenvalue weighted by atomic mass is 9.94. The van der Waals surface area contributed by atoms with Gasteiger partial charge in [-0.1, -0.05) is 44.1 Å². The number of ether oxygens (including phenoxy) is 1. The van der Waals surface area contributed by atoms with Crippen LogP contribution in [-0.2, 0) is 9.53 Å². The van der Waals surface area contributed by atoms with Crippen LogP contribution in [0.15, 0.2) is 23.3 Å². The quantitative estimate of drug-likeness (QED) is 0.461. The molecule has 110 valence electrons. The first-order valence-corrected chi connectivity index (χ1v) is 7.28. The summed E-state index contributed by atoms with van der Waals surface area (Å²) in [4.78, 5) is 10.7. The first kappa shape index (κ1) is 17.9. The van der Waals surface area contributed by atoms with Crippen molar-refractivity contribution in [3.8, 4) is 0 Å². The van der Waals surface area contributed by atoms with E-state index in [1.54, 1.807) is 0 Å². The van der Waals surface area contributed by atoms with E-state index in [-0.39, 0.29) is 5.97 Å². The maximum Gasteiger partial charge on any atom is 0.302 e. The lowest BCUT2D eigenvalue weighted by Crippen LogP contribution is -2.05. The summed E-state index contributed by atoms with van der Waals surface area (Å²) in [5, 5.41) is 0. The lowest BCUT2D eigenvalue weighted by molar-refractivity contribution is -0.141. The molecule has 0 saturated heterocycles. The van der Waals surface area contributed by atoms with E-state index in [1.807, 2.05) is 0 Å². The Morgan fingerprint density at radius 1 is 1.11 bits per heavy atom. The van der Waals surface area contributed by atoms with Gasteiger partial charge in [0, 0.05) is 6.92 Å². The van der Waals surface area contributed by atoms with Crippen molar-refractivity contribution < 1.29 is 9.53 Å². The second-order valence-electron chi connectivity index (χ2n) is 5.89. The van der Waals surface area contributed by atoms with Gasteiger partial charge in [-0.05, 0) is 44.9 Å². The van der Waals surface area contributed by atoms with Crippen molar-refractivity contribution in [2.45, 2.75) is 60.8 Å². The zero-order valence-electron chi connectivity index (χ0n) is 13.5. The molecule has 0 heterocycles. The van der Waals surface area contributed by atoms with Crippen LogP contribution in [0.2, 0.25) is 0 Å². The Kier molecular flexibility index (Phi) is 9.28. The summed E-state index contributed by atoms with van der Waals surface area (Å²) in [7, 11) is 0. The highest BCUT2D eigenvalue weighted by Gasteiger charge is 2.05. The van der Waals surface area contributed by atoms with Crippen LogP contribution < -0.4 is 0 Å². The molecule has 0 aromatic heterocycles. The lowest BCUT2D eigenvalue weighted by Gasteiger charge is -2.13. The highest BCUT2D eigenvalue weighted by Crippen LogP contribution is 2.19. The largest absolute Gasteiger partial charge is 0.466 e. The first-order chi connectivity index (χ1) is 8.82. The van der Waals surface area contributed by atoms with Crippen LogP contribution in [-0.4, -0.2) is 12.6 Å². The minimum atomic E-state index is -0.186. The second-order valence-corrected chi connectivity index (χ2v) is 5.89. The van der Waals surface area contributed by atoms with Crippen LogP contribution in [0.5, 0.6) is 0 Å². The van der Waals surface area contributed by atoms with Crippen LogP contribution in [0.3, 0.4) is 0 Å². The van der Waals surface area contributed by atoms with Gasteiger partial charge in [-0.3, -0.25) is 4.79 Å². The summed E-state index contributed by atoms with van der Waals surface area (Å²) in [6, 6.07) is 0. The molecule has 0 amide bonds. The molecule has 0 spiro atoms. The van der Waals surface area contributed by atoms with Gasteiger partial charge in [-0.2, -0.15) is 0 Å². The Morgan fingerprint density at radius 2 is 1.74 bits per heavy atom. The van der Waals surface area contributed by atoms with Gasteiger partial charge in [0.1, 0.15) is 0 Å². The van der Waals surface area contributed by atoms with Crippen molar-refractivity contribution >= 4 is 5.97 Å². The van der Waals surface area contributed by atoms with Gasteiger partial charge in [0.2, 0.25) is 0 Å². The first-order valence-electron chi connectivity index (χ1n) is 7.28. The fourth-order valence-corrected chi connectivity index (χ4v) is 1.75. The third-order valence-electron chi connectivity index (χ3n) is 3.19. The number of carbonyl (C=O) groups excluding carboxylic acids is 1. The highest BCUT2D eigenvalue weighted by molar-refractivity contribution is 5.65. The van der Waals surface area contributed by atoms with Gasteiger partial charge >= 0.3 is 5.97 Å². The van der Waals surface area contributed by atoms with E-state index in [2.05, 4.69) is 46.8 Å². The Bertz CT molecular complexity index is 320. The number of rotatable bonds is 8. The molecule has 0 saturated carbocycles. The normalized spacial score (nSPS) is 13.3. The van der Waals surface area contributed by atoms with Crippen molar-refractivity contribution in [3.63, 3.8) is 0 Å². The van der Waals surface area contributed by atoms with Gasteiger partial charge < -0.3 is 4.74 Å². The summed E-state index contributed by atoms with van der Waals surface area (Å²) < 4.78 is 4.98. The van der Waals surface area contributed by atoms with Gasteiger partial charge in [-0.25, -0.2) is 0 Å². The van der Waals surface area contributed by atoms with E-state index in [9.17, 15) is 4.79 Å². The van der Waals surface area contributed by atoms with E-state index in [1.165, 1.54) is 18.1 Å². The molecule has 0 aromatic rings. The van der Waals surface area contributed by atoms with Crippen LogP contribution in [0.25, 0.3) is 0 Å². The Labute approximate surface area is 118 Å². The van der Waals surface area contributed by atoms with Crippen LogP contribution in [0.4, 0.5) is 0 Å². The fraction of sp³-hybridized carbons (Fsp3) is 0.706. The molecule has 0 fully saturated rings. The van der Waals surface area contributed by atoms with E-state index >= 15 is 0 Å². The third kappa shape index (κ3) is 10.5. The SMILES string of the molecule is CC(=O)OCCC(C)CC=C(CC=C(C)C)C(C)C. The molecule has 1 unspecified atom stereocenters. The molecule has 19 heavy (non-hydrogen) atoms. The maximum atomic E-state index is 10.7. The predicted molar refractivity (Wildman–Crippen MR) is 82.0 cm³/mol. The standard InChI is InChI=1S/C17H30O2/c1-13(2)7-9-17(14(3)4)10-8-15(5)11-12-19-16(6)18/h7,10,14-15H,8-9,11-12H2,1-6H3. The summed E-state index contributed by atoms with van der Waals surface area (Å²) in [5.74, 6) is 0.963. The van der Waals surface area contributed by atoms with Crippen LogP contribution in [0, 0.1) is 11.8 Å². The van der Waals surface area contributed by atoms with Gasteiger partial charge in [0.15, 0.2) is 0 Å². The highest BCUT2D eigenvalue weighted by atomic mass is 16.5. The Morgan fingerprint density at radius 3 is 2.21 bits per heavy atom. The van der Waals surface area contributed by atoms with E-state index in [0.29, 0.717) is 18.4 Å². The summed E-state index contributed by atoms with van der Waals surface area (Å²) in [6.07, 6.45) is 7.70. The van der Waals surface area contributed by atoms with Gasteiger partial charge in [0.05, 0.1) is 6.61 Å². The number of esters is 1. The third-order valence-corrected chi connectivity index (χ3v) is 3.19. The zero-order chi connectivity index (χ0) is 14.8. The molecule has 1 atom stereocenters. The number of hydrogen-bond acceptors (Lipinski definition) is 2. The topological polar surface area (TPSA) is 26.3 Å². The number of hydrogen-bond donors (Lipinski definition) is 0. The maximum absolute atomic E-state index is 10.7. The van der Waals surface area contributed by atoms with Crippen LogP contribution in [0.1, 0.15) is 60.8 Å². The summed E-state index contributed by atoms with van der Waals surface area (Å²) in [6.45, 7) is 13.0. The molecular formula is C17H30O2. The molecule has 2 heteroatoms. The summed E-state index contributed by atoms with van der Waals surface area (Å²) >= 11 is 0. The van der Waals surface area contributed by atoms with Crippen LogP contribution >= 0.6 is 0 Å². The Balaban J connectivity index is 4.21. The van der Waals surface area contributed by atoms with Crippen molar-refractivity contribution in [1.29, 1.82) is 0 Å². The van der Waals surface area contributed by atoms with Crippen molar-refractivity contribution in [3.05, 3.63) is 23.3 Å². The second kappa shape index (κ2) is 9.82. The summed E-state index contributed by atoms with van der Waals surface area (Å²) in [5.41, 5.74) is 2.87. The monoisotopic (exact) mass is 266 g/mol. The molecule has 0 aliphatic carbocycles. The number of carbonyl (C=O) groups is 1. The van der Waals surface area contributed by atoms with Gasteiger partial charge in [0.25, 0.3) is 0 Å². The van der Waals surface area contributed by atoms with E-state index in [0.717, 1.165) is 19.3 Å². The molecule has 0 bridgehead atoms. The van der Waals surface area contributed by atoms with E-state index in [4.69, 9.17) is 4.74 Å². The minimum absolute atomic E-state index is 0.186. The molecule has 0 aromatic carbocycles. The molecule has 0 rings (SSSR count). The van der Waals surface area contributed by atoms with Crippen molar-refractivity contribution in [2.24, 2.45) is 11.8 Å². The van der Waals surface area contributed by atoms with Crippen molar-refractivity contribution in [2.75, 3.05) is 6.61 Å². The molecule has 0 aliphatic heterocycles. The van der Waals surface area contributed by atoms with E-state index < -0.39 is 0 Å². The molecule has 0 aliphatic rings. The molecule has 2 nitrogen and oxygen atoms in total. The smallest absolute Gasteiger partial charge is 0.302 e. The zero-order valence-corrected chi connectivity index (χ0v) is 13.5. The molecule has 0 radical (unpaired) electrons. The number of allylic oxidation sites excluding steroid dienone is 4. The van der Waals surface area contributed by atoms with Gasteiger partial charge in [-0.15, -0.1) is 0 Å².